The van der Waals surface area contributed by atoms with E-state index in [1.54, 1.807) is 12.1 Å². The molecule has 1 atom stereocenters. The average Bonchev–Trinajstić information content (AvgIpc) is 2.66. The van der Waals surface area contributed by atoms with Gasteiger partial charge in [-0.1, -0.05) is 31.2 Å². The van der Waals surface area contributed by atoms with E-state index in [1.807, 2.05) is 31.2 Å². The first-order valence-electron chi connectivity index (χ1n) is 8.60. The number of nitrogens with one attached hydrogen (secondary N) is 1. The predicted molar refractivity (Wildman–Crippen MR) is 98.3 cm³/mol. The van der Waals surface area contributed by atoms with Crippen LogP contribution in [0.3, 0.4) is 0 Å². The molecule has 3 rings (SSSR count). The van der Waals surface area contributed by atoms with Crippen molar-refractivity contribution in [2.75, 3.05) is 18.0 Å². The van der Waals surface area contributed by atoms with Crippen LogP contribution < -0.4 is 15.0 Å². The van der Waals surface area contributed by atoms with Crippen molar-refractivity contribution in [1.29, 1.82) is 0 Å². The molecule has 7 heteroatoms. The summed E-state index contributed by atoms with van der Waals surface area (Å²) in [4.78, 5) is 24.8. The Morgan fingerprint density at radius 3 is 2.69 bits per heavy atom. The van der Waals surface area contributed by atoms with Gasteiger partial charge in [-0.05, 0) is 24.1 Å². The Hall–Kier alpha value is -3.09. The van der Waals surface area contributed by atoms with Crippen molar-refractivity contribution in [2.24, 2.45) is 0 Å². The smallest absolute Gasteiger partial charge is 0.269 e. The molecule has 1 amide bonds. The quantitative estimate of drug-likeness (QED) is 0.636. The molecule has 0 saturated heterocycles. The van der Waals surface area contributed by atoms with Crippen molar-refractivity contribution in [3.8, 4) is 5.75 Å². The van der Waals surface area contributed by atoms with Crippen LogP contribution in [0.1, 0.15) is 18.9 Å². The fraction of sp³-hybridized carbons (Fsp3) is 0.316. The molecular weight excluding hydrogens is 334 g/mol. The Kier molecular flexibility index (Phi) is 5.36. The highest BCUT2D eigenvalue weighted by Crippen LogP contribution is 2.34. The van der Waals surface area contributed by atoms with Crippen molar-refractivity contribution in [2.45, 2.75) is 26.0 Å². The number of hydrogen-bond donors (Lipinski definition) is 1. The third-order valence-corrected chi connectivity index (χ3v) is 4.22. The Labute approximate surface area is 151 Å². The van der Waals surface area contributed by atoms with Crippen LogP contribution in [0.4, 0.5) is 11.4 Å². The molecule has 0 bridgehead atoms. The van der Waals surface area contributed by atoms with E-state index in [0.717, 1.165) is 17.7 Å². The summed E-state index contributed by atoms with van der Waals surface area (Å²) in [6.07, 6.45) is 0.274. The van der Waals surface area contributed by atoms with E-state index in [0.29, 0.717) is 25.4 Å². The minimum absolute atomic E-state index is 0.0629. The average molecular weight is 355 g/mol. The maximum absolute atomic E-state index is 12.3. The summed E-state index contributed by atoms with van der Waals surface area (Å²) < 4.78 is 5.87. The molecular formula is C19H21N3O4. The highest BCUT2D eigenvalue weighted by molar-refractivity contribution is 5.83. The second-order valence-electron chi connectivity index (χ2n) is 6.17. The van der Waals surface area contributed by atoms with Gasteiger partial charge in [0.15, 0.2) is 6.10 Å². The molecule has 0 radical (unpaired) electrons. The minimum atomic E-state index is -0.588. The molecule has 1 N–H and O–H groups in total. The molecule has 1 aliphatic rings. The van der Waals surface area contributed by atoms with Gasteiger partial charge in [-0.2, -0.15) is 0 Å². The topological polar surface area (TPSA) is 84.7 Å². The van der Waals surface area contributed by atoms with Gasteiger partial charge >= 0.3 is 0 Å². The second-order valence-corrected chi connectivity index (χ2v) is 6.17. The number of nitro benzene ring substituents is 1. The second kappa shape index (κ2) is 7.86. The summed E-state index contributed by atoms with van der Waals surface area (Å²) in [7, 11) is 0. The van der Waals surface area contributed by atoms with Crippen LogP contribution in [0.5, 0.6) is 5.75 Å². The van der Waals surface area contributed by atoms with Gasteiger partial charge in [-0.15, -0.1) is 0 Å². The number of carbonyl (C=O) groups is 1. The Morgan fingerprint density at radius 2 is 2.00 bits per heavy atom. The van der Waals surface area contributed by atoms with Gasteiger partial charge in [-0.3, -0.25) is 14.9 Å². The number of benzene rings is 2. The number of rotatable bonds is 6. The highest BCUT2D eigenvalue weighted by atomic mass is 16.6. The molecule has 26 heavy (non-hydrogen) atoms. The molecule has 7 nitrogen and oxygen atoms in total. The summed E-state index contributed by atoms with van der Waals surface area (Å²) in [5.41, 5.74) is 1.90. The molecule has 1 aliphatic heterocycles. The predicted octanol–water partition coefficient (Wildman–Crippen LogP) is 2.89. The largest absolute Gasteiger partial charge is 0.477 e. The van der Waals surface area contributed by atoms with E-state index in [9.17, 15) is 14.9 Å². The summed E-state index contributed by atoms with van der Waals surface area (Å²) in [6, 6.07) is 14.0. The summed E-state index contributed by atoms with van der Waals surface area (Å²) in [5.74, 6) is 0.535. The number of hydrogen-bond acceptors (Lipinski definition) is 5. The van der Waals surface area contributed by atoms with Gasteiger partial charge < -0.3 is 15.0 Å². The van der Waals surface area contributed by atoms with E-state index < -0.39 is 11.0 Å². The third-order valence-electron chi connectivity index (χ3n) is 4.22. The number of nitrogens with zero attached hydrogens (tertiary/aromatic N) is 2. The first-order valence-corrected chi connectivity index (χ1v) is 8.60. The zero-order valence-electron chi connectivity index (χ0n) is 14.6. The van der Waals surface area contributed by atoms with Crippen molar-refractivity contribution in [3.05, 3.63) is 64.2 Å². The molecule has 1 heterocycles. The number of amides is 1. The highest BCUT2D eigenvalue weighted by Gasteiger charge is 2.30. The molecule has 0 aliphatic carbocycles. The lowest BCUT2D eigenvalue weighted by atomic mass is 10.1. The minimum Gasteiger partial charge on any atom is -0.477 e. The number of anilines is 1. The van der Waals surface area contributed by atoms with Crippen LogP contribution in [-0.4, -0.2) is 30.0 Å². The maximum Gasteiger partial charge on any atom is 0.269 e. The summed E-state index contributed by atoms with van der Waals surface area (Å²) in [6.45, 7) is 3.57. The van der Waals surface area contributed by atoms with Crippen LogP contribution >= 0.6 is 0 Å². The lowest BCUT2D eigenvalue weighted by Crippen LogP contribution is -2.48. The molecule has 0 saturated carbocycles. The molecule has 2 aromatic rings. The molecule has 136 valence electrons. The SMILES string of the molecule is CCCNC(=O)[C@@H]1CN(Cc2ccc([N+](=O)[O-])cc2)c2ccccc2O1. The fourth-order valence-electron chi connectivity index (χ4n) is 2.90. The van der Waals surface area contributed by atoms with E-state index in [-0.39, 0.29) is 11.6 Å². The van der Waals surface area contributed by atoms with Gasteiger partial charge in [0.25, 0.3) is 11.6 Å². The van der Waals surface area contributed by atoms with Gasteiger partial charge in [0, 0.05) is 25.2 Å². The van der Waals surface area contributed by atoms with E-state index in [4.69, 9.17) is 4.74 Å². The van der Waals surface area contributed by atoms with Gasteiger partial charge in [0.1, 0.15) is 5.75 Å². The van der Waals surface area contributed by atoms with Crippen molar-refractivity contribution in [3.63, 3.8) is 0 Å². The van der Waals surface area contributed by atoms with Crippen molar-refractivity contribution < 1.29 is 14.5 Å². The number of carbonyl (C=O) groups excluding carboxylic acids is 1. The normalized spacial score (nSPS) is 15.7. The van der Waals surface area contributed by atoms with Crippen LogP contribution in [0, 0.1) is 10.1 Å². The molecule has 0 aromatic heterocycles. The third kappa shape index (κ3) is 3.93. The summed E-state index contributed by atoms with van der Waals surface area (Å²) in [5, 5.41) is 13.7. The first kappa shape index (κ1) is 17.7. The Morgan fingerprint density at radius 1 is 1.27 bits per heavy atom. The zero-order chi connectivity index (χ0) is 18.5. The van der Waals surface area contributed by atoms with Crippen LogP contribution in [0.2, 0.25) is 0 Å². The van der Waals surface area contributed by atoms with Crippen LogP contribution in [-0.2, 0) is 11.3 Å². The monoisotopic (exact) mass is 355 g/mol. The zero-order valence-corrected chi connectivity index (χ0v) is 14.6. The fourth-order valence-corrected chi connectivity index (χ4v) is 2.90. The number of non-ortho nitro benzene ring substituents is 1. The molecule has 0 fully saturated rings. The standard InChI is InChI=1S/C19H21N3O4/c1-2-11-20-19(23)18-13-21(16-5-3-4-6-17(16)26-18)12-14-7-9-15(10-8-14)22(24)25/h3-10,18H,2,11-13H2,1H3,(H,20,23)/t18-/m0/s1. The lowest BCUT2D eigenvalue weighted by Gasteiger charge is -2.35. The Balaban J connectivity index is 1.80. The van der Waals surface area contributed by atoms with Gasteiger partial charge in [-0.25, -0.2) is 0 Å². The summed E-state index contributed by atoms with van der Waals surface area (Å²) >= 11 is 0. The van der Waals surface area contributed by atoms with Crippen molar-refractivity contribution in [1.82, 2.24) is 5.32 Å². The lowest BCUT2D eigenvalue weighted by molar-refractivity contribution is -0.384. The van der Waals surface area contributed by atoms with Gasteiger partial charge in [0.2, 0.25) is 0 Å². The molecule has 0 spiro atoms. The molecule has 2 aromatic carbocycles. The van der Waals surface area contributed by atoms with E-state index >= 15 is 0 Å². The van der Waals surface area contributed by atoms with E-state index in [2.05, 4.69) is 10.2 Å². The Bertz CT molecular complexity index is 792. The van der Waals surface area contributed by atoms with Crippen molar-refractivity contribution >= 4 is 17.3 Å². The maximum atomic E-state index is 12.3. The number of nitro groups is 1. The van der Waals surface area contributed by atoms with Gasteiger partial charge in [0.05, 0.1) is 17.2 Å². The number of para-hydroxylation sites is 2. The number of ether oxygens (including phenoxy) is 1. The van der Waals surface area contributed by atoms with Crippen LogP contribution in [0.25, 0.3) is 0 Å². The number of fused-ring (bicyclic) bond motifs is 1. The van der Waals surface area contributed by atoms with Crippen LogP contribution in [0.15, 0.2) is 48.5 Å². The molecule has 0 unspecified atom stereocenters. The van der Waals surface area contributed by atoms with E-state index in [1.165, 1.54) is 12.1 Å². The first-order chi connectivity index (χ1) is 12.6.